The van der Waals surface area contributed by atoms with E-state index < -0.39 is 29.7 Å². The van der Waals surface area contributed by atoms with E-state index in [0.29, 0.717) is 0 Å². The van der Waals surface area contributed by atoms with Crippen LogP contribution in [0.25, 0.3) is 0 Å². The Labute approximate surface area is 75.7 Å². The first kappa shape index (κ1) is 9.97. The van der Waals surface area contributed by atoms with Crippen molar-refractivity contribution in [3.05, 3.63) is 0 Å². The maximum absolute atomic E-state index is 12.7. The van der Waals surface area contributed by atoms with Crippen LogP contribution in [-0.2, 0) is 4.79 Å². The highest BCUT2D eigenvalue weighted by Gasteiger charge is 2.69. The van der Waals surface area contributed by atoms with E-state index in [1.807, 2.05) is 0 Å². The molecule has 1 rings (SSSR count). The SMILES string of the molecule is C#CC(C)NC(=O)C1C(C)C1(F)F. The molecule has 1 aliphatic carbocycles. The summed E-state index contributed by atoms with van der Waals surface area (Å²) in [6, 6.07) is -0.490. The average Bonchev–Trinajstić information content (AvgIpc) is 2.51. The Morgan fingerprint density at radius 2 is 2.15 bits per heavy atom. The molecule has 72 valence electrons. The van der Waals surface area contributed by atoms with Gasteiger partial charge in [0.15, 0.2) is 0 Å². The summed E-state index contributed by atoms with van der Waals surface area (Å²) in [4.78, 5) is 11.1. The molecule has 1 fully saturated rings. The first-order valence-corrected chi connectivity index (χ1v) is 4.05. The Hall–Kier alpha value is -1.11. The molecular formula is C9H11F2NO. The number of hydrogen-bond donors (Lipinski definition) is 1. The second-order valence-electron chi connectivity index (χ2n) is 3.34. The van der Waals surface area contributed by atoms with E-state index in [9.17, 15) is 13.6 Å². The largest absolute Gasteiger partial charge is 0.342 e. The zero-order valence-electron chi connectivity index (χ0n) is 7.47. The van der Waals surface area contributed by atoms with Crippen molar-refractivity contribution < 1.29 is 13.6 Å². The molecule has 0 aromatic heterocycles. The zero-order chi connectivity index (χ0) is 10.2. The van der Waals surface area contributed by atoms with Crippen molar-refractivity contribution in [3.63, 3.8) is 0 Å². The molecule has 0 aliphatic heterocycles. The molecule has 0 bridgehead atoms. The number of carbonyl (C=O) groups is 1. The maximum Gasteiger partial charge on any atom is 0.263 e. The molecule has 13 heavy (non-hydrogen) atoms. The second-order valence-corrected chi connectivity index (χ2v) is 3.34. The molecule has 2 nitrogen and oxygen atoms in total. The minimum atomic E-state index is -2.85. The van der Waals surface area contributed by atoms with Crippen LogP contribution in [0.2, 0.25) is 0 Å². The predicted molar refractivity (Wildman–Crippen MR) is 44.0 cm³/mol. The molecule has 1 amide bonds. The van der Waals surface area contributed by atoms with E-state index in [-0.39, 0.29) is 0 Å². The number of alkyl halides is 2. The smallest absolute Gasteiger partial charge is 0.263 e. The second kappa shape index (κ2) is 2.99. The minimum absolute atomic E-state index is 0.490. The van der Waals surface area contributed by atoms with E-state index in [0.717, 1.165) is 0 Å². The van der Waals surface area contributed by atoms with Crippen molar-refractivity contribution >= 4 is 5.91 Å². The van der Waals surface area contributed by atoms with Crippen LogP contribution in [0.5, 0.6) is 0 Å². The van der Waals surface area contributed by atoms with Gasteiger partial charge in [-0.2, -0.15) is 0 Å². The highest BCUT2D eigenvalue weighted by Crippen LogP contribution is 2.54. The molecule has 0 aromatic carbocycles. The molecule has 0 aromatic rings. The Bertz CT molecular complexity index is 269. The summed E-state index contributed by atoms with van der Waals surface area (Å²) >= 11 is 0. The molecule has 0 heterocycles. The molecule has 4 heteroatoms. The lowest BCUT2D eigenvalue weighted by Crippen LogP contribution is -2.34. The van der Waals surface area contributed by atoms with Gasteiger partial charge in [0.05, 0.1) is 6.04 Å². The average molecular weight is 187 g/mol. The zero-order valence-corrected chi connectivity index (χ0v) is 7.47. The van der Waals surface area contributed by atoms with Gasteiger partial charge in [-0.15, -0.1) is 6.42 Å². The molecule has 1 N–H and O–H groups in total. The van der Waals surface area contributed by atoms with E-state index >= 15 is 0 Å². The summed E-state index contributed by atoms with van der Waals surface area (Å²) in [7, 11) is 0. The van der Waals surface area contributed by atoms with Gasteiger partial charge >= 0.3 is 0 Å². The quantitative estimate of drug-likeness (QED) is 0.642. The summed E-state index contributed by atoms with van der Waals surface area (Å²) in [5, 5.41) is 2.32. The lowest BCUT2D eigenvalue weighted by molar-refractivity contribution is -0.124. The Morgan fingerprint density at radius 1 is 1.69 bits per heavy atom. The van der Waals surface area contributed by atoms with E-state index in [4.69, 9.17) is 6.42 Å². The van der Waals surface area contributed by atoms with Gasteiger partial charge in [-0.05, 0) is 6.92 Å². The van der Waals surface area contributed by atoms with Gasteiger partial charge < -0.3 is 5.32 Å². The van der Waals surface area contributed by atoms with Gasteiger partial charge in [-0.1, -0.05) is 12.8 Å². The number of terminal acetylenes is 1. The fraction of sp³-hybridized carbons (Fsp3) is 0.667. The third kappa shape index (κ3) is 1.64. The number of hydrogen-bond acceptors (Lipinski definition) is 1. The number of amides is 1. The Kier molecular flexibility index (Phi) is 2.29. The van der Waals surface area contributed by atoms with Gasteiger partial charge in [-0.3, -0.25) is 4.79 Å². The normalized spacial score (nSPS) is 31.6. The van der Waals surface area contributed by atoms with Crippen LogP contribution in [0.1, 0.15) is 13.8 Å². The fourth-order valence-electron chi connectivity index (χ4n) is 1.23. The molecule has 3 unspecified atom stereocenters. The van der Waals surface area contributed by atoms with Gasteiger partial charge in [0, 0.05) is 5.92 Å². The van der Waals surface area contributed by atoms with E-state index in [1.54, 1.807) is 6.92 Å². The van der Waals surface area contributed by atoms with Crippen LogP contribution >= 0.6 is 0 Å². The lowest BCUT2D eigenvalue weighted by Gasteiger charge is -2.06. The molecule has 3 atom stereocenters. The van der Waals surface area contributed by atoms with E-state index in [1.165, 1.54) is 6.92 Å². The van der Waals surface area contributed by atoms with Crippen LogP contribution in [0.4, 0.5) is 8.78 Å². The summed E-state index contributed by atoms with van der Waals surface area (Å²) in [6.45, 7) is 2.92. The number of nitrogens with one attached hydrogen (secondary N) is 1. The molecule has 0 radical (unpaired) electrons. The topological polar surface area (TPSA) is 29.1 Å². The monoisotopic (exact) mass is 187 g/mol. The van der Waals surface area contributed by atoms with Gasteiger partial charge in [0.2, 0.25) is 5.91 Å². The van der Waals surface area contributed by atoms with Crippen molar-refractivity contribution in [2.24, 2.45) is 11.8 Å². The summed E-state index contributed by atoms with van der Waals surface area (Å²) in [5.41, 5.74) is 0. The number of halogens is 2. The van der Waals surface area contributed by atoms with Crippen LogP contribution < -0.4 is 5.32 Å². The Morgan fingerprint density at radius 3 is 2.46 bits per heavy atom. The predicted octanol–water partition coefficient (Wildman–Crippen LogP) is 1.03. The Balaban J connectivity index is 2.49. The van der Waals surface area contributed by atoms with Gasteiger partial charge in [0.1, 0.15) is 5.92 Å². The van der Waals surface area contributed by atoms with Crippen LogP contribution in [0.3, 0.4) is 0 Å². The molecule has 1 saturated carbocycles. The van der Waals surface area contributed by atoms with Gasteiger partial charge in [0.25, 0.3) is 5.92 Å². The molecule has 0 spiro atoms. The third-order valence-electron chi connectivity index (χ3n) is 2.30. The van der Waals surface area contributed by atoms with E-state index in [2.05, 4.69) is 11.2 Å². The van der Waals surface area contributed by atoms with Crippen molar-refractivity contribution in [1.29, 1.82) is 0 Å². The molecule has 1 aliphatic rings. The maximum atomic E-state index is 12.7. The first-order chi connectivity index (χ1) is 5.91. The van der Waals surface area contributed by atoms with Crippen LogP contribution in [-0.4, -0.2) is 17.9 Å². The number of carbonyl (C=O) groups excluding carboxylic acids is 1. The molecule has 0 saturated heterocycles. The number of rotatable bonds is 2. The standard InChI is InChI=1S/C9H11F2NO/c1-4-5(2)12-8(13)7-6(3)9(7,10)11/h1,5-7H,2-3H3,(H,12,13). The van der Waals surface area contributed by atoms with Crippen molar-refractivity contribution in [2.45, 2.75) is 25.8 Å². The van der Waals surface area contributed by atoms with Crippen LogP contribution in [0.15, 0.2) is 0 Å². The third-order valence-corrected chi connectivity index (χ3v) is 2.30. The minimum Gasteiger partial charge on any atom is -0.342 e. The highest BCUT2D eigenvalue weighted by molar-refractivity contribution is 5.84. The lowest BCUT2D eigenvalue weighted by atomic mass is 10.3. The van der Waals surface area contributed by atoms with Crippen molar-refractivity contribution in [1.82, 2.24) is 5.32 Å². The molecular weight excluding hydrogens is 176 g/mol. The highest BCUT2D eigenvalue weighted by atomic mass is 19.3. The summed E-state index contributed by atoms with van der Waals surface area (Å²) in [6.07, 6.45) is 4.99. The van der Waals surface area contributed by atoms with Crippen LogP contribution in [0, 0.1) is 24.2 Å². The summed E-state index contributed by atoms with van der Waals surface area (Å²) < 4.78 is 25.4. The van der Waals surface area contributed by atoms with Crippen molar-refractivity contribution in [3.8, 4) is 12.3 Å². The summed E-state index contributed by atoms with van der Waals surface area (Å²) in [5.74, 6) is -3.31. The van der Waals surface area contributed by atoms with Crippen molar-refractivity contribution in [2.75, 3.05) is 0 Å². The van der Waals surface area contributed by atoms with Gasteiger partial charge in [-0.25, -0.2) is 8.78 Å². The fourth-order valence-corrected chi connectivity index (χ4v) is 1.23. The first-order valence-electron chi connectivity index (χ1n) is 4.05.